The third kappa shape index (κ3) is 5.48. The van der Waals surface area contributed by atoms with Crippen LogP contribution in [0.5, 0.6) is 0 Å². The SMILES string of the molecule is CCCC(N)C(=O)NCCNC(=O)c1cccnc1. The van der Waals surface area contributed by atoms with Crippen LogP contribution in [0.1, 0.15) is 30.1 Å². The Hall–Kier alpha value is -1.95. The standard InChI is InChI=1S/C13H20N4O2/c1-2-4-11(14)13(19)17-8-7-16-12(18)10-5-3-6-15-9-10/h3,5-6,9,11H,2,4,7-8,14H2,1H3,(H,16,18)(H,17,19). The Bertz CT molecular complexity index is 408. The Morgan fingerprint density at radius 1 is 1.37 bits per heavy atom. The minimum absolute atomic E-state index is 0.183. The average molecular weight is 264 g/mol. The van der Waals surface area contributed by atoms with Gasteiger partial charge >= 0.3 is 0 Å². The second kappa shape index (κ2) is 8.20. The number of nitrogens with one attached hydrogen (secondary N) is 2. The Labute approximate surface area is 112 Å². The van der Waals surface area contributed by atoms with E-state index in [9.17, 15) is 9.59 Å². The summed E-state index contributed by atoms with van der Waals surface area (Å²) in [4.78, 5) is 27.0. The van der Waals surface area contributed by atoms with Gasteiger partial charge in [-0.25, -0.2) is 0 Å². The third-order valence-corrected chi connectivity index (χ3v) is 2.57. The van der Waals surface area contributed by atoms with Crippen LogP contribution in [0.4, 0.5) is 0 Å². The van der Waals surface area contributed by atoms with E-state index in [2.05, 4.69) is 15.6 Å². The van der Waals surface area contributed by atoms with Crippen molar-refractivity contribution in [2.75, 3.05) is 13.1 Å². The molecular formula is C13H20N4O2. The monoisotopic (exact) mass is 264 g/mol. The first-order valence-electron chi connectivity index (χ1n) is 6.36. The molecule has 0 saturated heterocycles. The molecule has 0 fully saturated rings. The van der Waals surface area contributed by atoms with Crippen molar-refractivity contribution in [2.24, 2.45) is 5.73 Å². The van der Waals surface area contributed by atoms with Crippen LogP contribution in [0.3, 0.4) is 0 Å². The number of pyridine rings is 1. The van der Waals surface area contributed by atoms with Crippen molar-refractivity contribution >= 4 is 11.8 Å². The molecule has 1 heterocycles. The largest absolute Gasteiger partial charge is 0.353 e. The number of amides is 2. The highest BCUT2D eigenvalue weighted by Gasteiger charge is 2.11. The second-order valence-electron chi connectivity index (χ2n) is 4.18. The Morgan fingerprint density at radius 3 is 2.74 bits per heavy atom. The van der Waals surface area contributed by atoms with Gasteiger partial charge in [-0.2, -0.15) is 0 Å². The first-order valence-corrected chi connectivity index (χ1v) is 6.36. The number of nitrogens with two attached hydrogens (primary N) is 1. The number of hydrogen-bond acceptors (Lipinski definition) is 4. The van der Waals surface area contributed by atoms with Crippen LogP contribution in [-0.2, 0) is 4.79 Å². The van der Waals surface area contributed by atoms with Gasteiger partial charge < -0.3 is 16.4 Å². The molecule has 4 N–H and O–H groups in total. The third-order valence-electron chi connectivity index (χ3n) is 2.57. The van der Waals surface area contributed by atoms with E-state index in [0.717, 1.165) is 6.42 Å². The summed E-state index contributed by atoms with van der Waals surface area (Å²) >= 11 is 0. The fourth-order valence-electron chi connectivity index (χ4n) is 1.53. The molecule has 0 aliphatic rings. The number of carbonyl (C=O) groups is 2. The summed E-state index contributed by atoms with van der Waals surface area (Å²) in [5.74, 6) is -0.391. The average Bonchev–Trinajstić information content (AvgIpc) is 2.44. The lowest BCUT2D eigenvalue weighted by atomic mass is 10.2. The molecule has 0 aliphatic carbocycles. The van der Waals surface area contributed by atoms with E-state index in [1.165, 1.54) is 6.20 Å². The lowest BCUT2D eigenvalue weighted by Crippen LogP contribution is -2.43. The molecule has 2 amide bonds. The maximum Gasteiger partial charge on any atom is 0.252 e. The molecule has 6 heteroatoms. The molecule has 1 atom stereocenters. The fourth-order valence-corrected chi connectivity index (χ4v) is 1.53. The molecule has 1 aromatic heterocycles. The van der Waals surface area contributed by atoms with Crippen LogP contribution in [-0.4, -0.2) is 35.9 Å². The van der Waals surface area contributed by atoms with Crippen molar-refractivity contribution < 1.29 is 9.59 Å². The van der Waals surface area contributed by atoms with Gasteiger partial charge in [0.1, 0.15) is 0 Å². The highest BCUT2D eigenvalue weighted by atomic mass is 16.2. The van der Waals surface area contributed by atoms with Gasteiger partial charge in [-0.1, -0.05) is 13.3 Å². The van der Waals surface area contributed by atoms with Gasteiger partial charge in [-0.3, -0.25) is 14.6 Å². The molecule has 6 nitrogen and oxygen atoms in total. The van der Waals surface area contributed by atoms with E-state index >= 15 is 0 Å². The van der Waals surface area contributed by atoms with E-state index in [1.807, 2.05) is 6.92 Å². The van der Waals surface area contributed by atoms with Gasteiger partial charge in [0.05, 0.1) is 11.6 Å². The number of rotatable bonds is 7. The smallest absolute Gasteiger partial charge is 0.252 e. The van der Waals surface area contributed by atoms with Gasteiger partial charge in [-0.15, -0.1) is 0 Å². The van der Waals surface area contributed by atoms with Crippen LogP contribution in [0.15, 0.2) is 24.5 Å². The van der Waals surface area contributed by atoms with E-state index in [-0.39, 0.29) is 11.8 Å². The Kier molecular flexibility index (Phi) is 6.52. The van der Waals surface area contributed by atoms with Gasteiger partial charge in [0.2, 0.25) is 5.91 Å². The minimum Gasteiger partial charge on any atom is -0.353 e. The molecule has 0 bridgehead atoms. The Balaban J connectivity index is 2.21. The van der Waals surface area contributed by atoms with Gasteiger partial charge in [0.15, 0.2) is 0 Å². The zero-order chi connectivity index (χ0) is 14.1. The number of aromatic nitrogens is 1. The lowest BCUT2D eigenvalue weighted by Gasteiger charge is -2.11. The van der Waals surface area contributed by atoms with Crippen LogP contribution in [0.25, 0.3) is 0 Å². The molecule has 0 aromatic carbocycles. The summed E-state index contributed by atoms with van der Waals surface area (Å²) < 4.78 is 0. The quantitative estimate of drug-likeness (QED) is 0.606. The van der Waals surface area contributed by atoms with E-state index < -0.39 is 6.04 Å². The molecule has 19 heavy (non-hydrogen) atoms. The molecule has 1 rings (SSSR count). The topological polar surface area (TPSA) is 97.1 Å². The molecule has 104 valence electrons. The minimum atomic E-state index is -0.473. The zero-order valence-electron chi connectivity index (χ0n) is 11.1. The van der Waals surface area contributed by atoms with E-state index in [0.29, 0.717) is 25.1 Å². The highest BCUT2D eigenvalue weighted by molar-refractivity contribution is 5.93. The van der Waals surface area contributed by atoms with Crippen LogP contribution in [0.2, 0.25) is 0 Å². The van der Waals surface area contributed by atoms with Gasteiger partial charge in [-0.05, 0) is 18.6 Å². The van der Waals surface area contributed by atoms with Crippen molar-refractivity contribution in [1.29, 1.82) is 0 Å². The van der Waals surface area contributed by atoms with Crippen molar-refractivity contribution in [3.05, 3.63) is 30.1 Å². The predicted molar refractivity (Wildman–Crippen MR) is 72.5 cm³/mol. The maximum absolute atomic E-state index is 11.6. The van der Waals surface area contributed by atoms with Crippen LogP contribution >= 0.6 is 0 Å². The summed E-state index contributed by atoms with van der Waals surface area (Å²) in [7, 11) is 0. The summed E-state index contributed by atoms with van der Waals surface area (Å²) in [6.07, 6.45) is 4.62. The molecule has 0 radical (unpaired) electrons. The number of nitrogens with zero attached hydrogens (tertiary/aromatic N) is 1. The molecule has 0 saturated carbocycles. The van der Waals surface area contributed by atoms with E-state index in [4.69, 9.17) is 5.73 Å². The first kappa shape index (κ1) is 15.1. The van der Waals surface area contributed by atoms with Crippen molar-refractivity contribution in [3.8, 4) is 0 Å². The molecule has 1 unspecified atom stereocenters. The second-order valence-corrected chi connectivity index (χ2v) is 4.18. The Morgan fingerprint density at radius 2 is 2.11 bits per heavy atom. The zero-order valence-corrected chi connectivity index (χ0v) is 11.1. The van der Waals surface area contributed by atoms with Gasteiger partial charge in [0, 0.05) is 25.5 Å². The molecular weight excluding hydrogens is 244 g/mol. The summed E-state index contributed by atoms with van der Waals surface area (Å²) in [6.45, 7) is 2.70. The number of carbonyl (C=O) groups excluding carboxylic acids is 2. The summed E-state index contributed by atoms with van der Waals surface area (Å²) in [5, 5.41) is 5.37. The summed E-state index contributed by atoms with van der Waals surface area (Å²) in [5.41, 5.74) is 6.15. The molecule has 0 aliphatic heterocycles. The predicted octanol–water partition coefficient (Wildman–Crippen LogP) is 0.0550. The first-order chi connectivity index (χ1) is 9.15. The van der Waals surface area contributed by atoms with Crippen LogP contribution < -0.4 is 16.4 Å². The van der Waals surface area contributed by atoms with Crippen molar-refractivity contribution in [1.82, 2.24) is 15.6 Å². The summed E-state index contributed by atoms with van der Waals surface area (Å²) in [6, 6.07) is 2.90. The molecule has 1 aromatic rings. The maximum atomic E-state index is 11.6. The van der Waals surface area contributed by atoms with Crippen molar-refractivity contribution in [2.45, 2.75) is 25.8 Å². The normalized spacial score (nSPS) is 11.7. The highest BCUT2D eigenvalue weighted by Crippen LogP contribution is 1.94. The van der Waals surface area contributed by atoms with E-state index in [1.54, 1.807) is 18.3 Å². The van der Waals surface area contributed by atoms with Gasteiger partial charge in [0.25, 0.3) is 5.91 Å². The lowest BCUT2D eigenvalue weighted by molar-refractivity contribution is -0.122. The number of hydrogen-bond donors (Lipinski definition) is 3. The molecule has 0 spiro atoms. The van der Waals surface area contributed by atoms with Crippen LogP contribution in [0, 0.1) is 0 Å². The van der Waals surface area contributed by atoms with Crippen molar-refractivity contribution in [3.63, 3.8) is 0 Å². The fraction of sp³-hybridized carbons (Fsp3) is 0.462.